The fourth-order valence-electron chi connectivity index (χ4n) is 3.85. The molecule has 0 aliphatic carbocycles. The first-order chi connectivity index (χ1) is 16.0. The molecule has 7 heteroatoms. The summed E-state index contributed by atoms with van der Waals surface area (Å²) in [6.07, 6.45) is 0. The standard InChI is InChI=1S/C26H16N2O5/c29-24-21-12-3-4-14-22(21)33-26(27-25(30)17-9-5-10-18(15-17)28(31)32)23(24)20-13-6-8-16-7-1-2-11-19(16)20/h1-15H,(H,27,30). The summed E-state index contributed by atoms with van der Waals surface area (Å²) >= 11 is 0. The number of non-ortho nitro benzene ring substituents is 1. The molecule has 5 rings (SSSR count). The zero-order chi connectivity index (χ0) is 22.9. The van der Waals surface area contributed by atoms with Crippen molar-refractivity contribution in [1.82, 2.24) is 0 Å². The minimum atomic E-state index is -0.626. The van der Waals surface area contributed by atoms with Gasteiger partial charge in [-0.3, -0.25) is 25.0 Å². The van der Waals surface area contributed by atoms with Gasteiger partial charge < -0.3 is 4.42 Å². The molecule has 0 bridgehead atoms. The van der Waals surface area contributed by atoms with Crippen LogP contribution in [0.3, 0.4) is 0 Å². The average Bonchev–Trinajstić information content (AvgIpc) is 2.84. The van der Waals surface area contributed by atoms with Crippen molar-refractivity contribution in [3.63, 3.8) is 0 Å². The van der Waals surface area contributed by atoms with Crippen LogP contribution in [0.25, 0.3) is 32.9 Å². The predicted octanol–water partition coefficient (Wildman–Crippen LogP) is 5.77. The predicted molar refractivity (Wildman–Crippen MR) is 126 cm³/mol. The lowest BCUT2D eigenvalue weighted by atomic mass is 9.97. The summed E-state index contributed by atoms with van der Waals surface area (Å²) in [5.41, 5.74) is 0.718. The van der Waals surface area contributed by atoms with Gasteiger partial charge in [0.1, 0.15) is 5.58 Å². The molecule has 0 fully saturated rings. The van der Waals surface area contributed by atoms with E-state index in [4.69, 9.17) is 4.42 Å². The van der Waals surface area contributed by atoms with Crippen LogP contribution >= 0.6 is 0 Å². The number of nitrogens with zero attached hydrogens (tertiary/aromatic N) is 1. The number of rotatable bonds is 4. The van der Waals surface area contributed by atoms with Gasteiger partial charge in [-0.2, -0.15) is 0 Å². The Bertz CT molecular complexity index is 1620. The molecule has 0 atom stereocenters. The molecule has 1 heterocycles. The summed E-state index contributed by atoms with van der Waals surface area (Å²) in [7, 11) is 0. The van der Waals surface area contributed by atoms with E-state index in [1.165, 1.54) is 24.3 Å². The van der Waals surface area contributed by atoms with E-state index in [0.717, 1.165) is 10.8 Å². The second-order valence-corrected chi connectivity index (χ2v) is 7.42. The molecule has 0 aliphatic heterocycles. The Hall–Kier alpha value is -4.78. The fraction of sp³-hybridized carbons (Fsp3) is 0. The minimum Gasteiger partial charge on any atom is -0.439 e. The molecule has 33 heavy (non-hydrogen) atoms. The summed E-state index contributed by atoms with van der Waals surface area (Å²) in [6, 6.07) is 25.3. The van der Waals surface area contributed by atoms with Crippen molar-refractivity contribution in [2.24, 2.45) is 0 Å². The maximum Gasteiger partial charge on any atom is 0.270 e. The van der Waals surface area contributed by atoms with E-state index in [2.05, 4.69) is 5.32 Å². The van der Waals surface area contributed by atoms with Gasteiger partial charge in [-0.15, -0.1) is 0 Å². The molecule has 1 aromatic heterocycles. The number of carbonyl (C=O) groups is 1. The van der Waals surface area contributed by atoms with Gasteiger partial charge in [-0.05, 0) is 34.5 Å². The first-order valence-electron chi connectivity index (χ1n) is 10.1. The topological polar surface area (TPSA) is 102 Å². The van der Waals surface area contributed by atoms with Crippen LogP contribution in [0.1, 0.15) is 10.4 Å². The van der Waals surface area contributed by atoms with Crippen molar-refractivity contribution < 1.29 is 14.1 Å². The van der Waals surface area contributed by atoms with Crippen molar-refractivity contribution in [3.05, 3.63) is 117 Å². The molecule has 1 amide bonds. The Kier molecular flexibility index (Phi) is 4.91. The van der Waals surface area contributed by atoms with Crippen molar-refractivity contribution in [1.29, 1.82) is 0 Å². The number of para-hydroxylation sites is 1. The van der Waals surface area contributed by atoms with Crippen LogP contribution in [0.15, 0.2) is 100 Å². The molecule has 4 aromatic carbocycles. The van der Waals surface area contributed by atoms with E-state index in [9.17, 15) is 19.7 Å². The zero-order valence-corrected chi connectivity index (χ0v) is 17.1. The maximum atomic E-state index is 13.6. The van der Waals surface area contributed by atoms with Crippen LogP contribution in [0.4, 0.5) is 11.6 Å². The number of nitro benzene ring substituents is 1. The lowest BCUT2D eigenvalue weighted by Crippen LogP contribution is -2.16. The van der Waals surface area contributed by atoms with Gasteiger partial charge in [-0.1, -0.05) is 60.7 Å². The third-order valence-corrected chi connectivity index (χ3v) is 5.40. The first kappa shape index (κ1) is 20.1. The molecule has 160 valence electrons. The molecule has 0 unspecified atom stereocenters. The highest BCUT2D eigenvalue weighted by molar-refractivity contribution is 6.08. The first-order valence-corrected chi connectivity index (χ1v) is 10.1. The number of hydrogen-bond acceptors (Lipinski definition) is 5. The molecular weight excluding hydrogens is 420 g/mol. The minimum absolute atomic E-state index is 0.0217. The van der Waals surface area contributed by atoms with Gasteiger partial charge in [0.2, 0.25) is 11.3 Å². The molecule has 0 spiro atoms. The average molecular weight is 436 g/mol. The van der Waals surface area contributed by atoms with Gasteiger partial charge in [0.05, 0.1) is 15.9 Å². The molecule has 1 N–H and O–H groups in total. The number of amides is 1. The molecular formula is C26H16N2O5. The highest BCUT2D eigenvalue weighted by atomic mass is 16.6. The Balaban J connectivity index is 1.72. The third-order valence-electron chi connectivity index (χ3n) is 5.40. The smallest absolute Gasteiger partial charge is 0.270 e. The second kappa shape index (κ2) is 8.05. The largest absolute Gasteiger partial charge is 0.439 e. The number of nitrogens with one attached hydrogen (secondary N) is 1. The Morgan fingerprint density at radius 1 is 0.848 bits per heavy atom. The number of carbonyl (C=O) groups excluding carboxylic acids is 1. The zero-order valence-electron chi connectivity index (χ0n) is 17.1. The van der Waals surface area contributed by atoms with E-state index in [0.29, 0.717) is 16.5 Å². The summed E-state index contributed by atoms with van der Waals surface area (Å²) in [6.45, 7) is 0. The van der Waals surface area contributed by atoms with Crippen LogP contribution in [0, 0.1) is 10.1 Å². The molecule has 7 nitrogen and oxygen atoms in total. The molecule has 0 aliphatic rings. The van der Waals surface area contributed by atoms with Gasteiger partial charge in [0.15, 0.2) is 0 Å². The molecule has 0 saturated carbocycles. The van der Waals surface area contributed by atoms with Crippen molar-refractivity contribution in [2.45, 2.75) is 0 Å². The van der Waals surface area contributed by atoms with Crippen LogP contribution in [0.5, 0.6) is 0 Å². The second-order valence-electron chi connectivity index (χ2n) is 7.42. The van der Waals surface area contributed by atoms with E-state index in [-0.39, 0.29) is 28.1 Å². The number of fused-ring (bicyclic) bond motifs is 2. The third kappa shape index (κ3) is 3.61. The Labute approximate surface area is 187 Å². The van der Waals surface area contributed by atoms with Gasteiger partial charge in [-0.25, -0.2) is 0 Å². The number of benzene rings is 4. The van der Waals surface area contributed by atoms with E-state index in [1.807, 2.05) is 36.4 Å². The summed E-state index contributed by atoms with van der Waals surface area (Å²) in [5.74, 6) is -0.648. The van der Waals surface area contributed by atoms with Gasteiger partial charge in [0, 0.05) is 17.7 Å². The van der Waals surface area contributed by atoms with Crippen LogP contribution in [0.2, 0.25) is 0 Å². The number of hydrogen-bond donors (Lipinski definition) is 1. The molecule has 5 aromatic rings. The highest BCUT2D eigenvalue weighted by Gasteiger charge is 2.21. The van der Waals surface area contributed by atoms with E-state index >= 15 is 0 Å². The summed E-state index contributed by atoms with van der Waals surface area (Å²) in [5, 5.41) is 15.9. The number of anilines is 1. The van der Waals surface area contributed by atoms with Crippen molar-refractivity contribution in [3.8, 4) is 11.1 Å². The highest BCUT2D eigenvalue weighted by Crippen LogP contribution is 2.34. The quantitative estimate of drug-likeness (QED) is 0.284. The van der Waals surface area contributed by atoms with Crippen LogP contribution < -0.4 is 10.7 Å². The fourth-order valence-corrected chi connectivity index (χ4v) is 3.85. The normalized spacial score (nSPS) is 10.9. The SMILES string of the molecule is O=C(Nc1oc2ccccc2c(=O)c1-c1cccc2ccccc12)c1cccc([N+](=O)[O-])c1. The monoisotopic (exact) mass is 436 g/mol. The number of nitro groups is 1. The summed E-state index contributed by atoms with van der Waals surface area (Å²) in [4.78, 5) is 37.1. The summed E-state index contributed by atoms with van der Waals surface area (Å²) < 4.78 is 5.98. The lowest BCUT2D eigenvalue weighted by molar-refractivity contribution is -0.384. The van der Waals surface area contributed by atoms with Crippen LogP contribution in [-0.2, 0) is 0 Å². The van der Waals surface area contributed by atoms with E-state index in [1.54, 1.807) is 30.3 Å². The van der Waals surface area contributed by atoms with E-state index < -0.39 is 10.8 Å². The Morgan fingerprint density at radius 3 is 2.36 bits per heavy atom. The molecule has 0 saturated heterocycles. The lowest BCUT2D eigenvalue weighted by Gasteiger charge is -2.13. The van der Waals surface area contributed by atoms with Crippen molar-refractivity contribution >= 4 is 39.2 Å². The van der Waals surface area contributed by atoms with Crippen LogP contribution in [-0.4, -0.2) is 10.8 Å². The van der Waals surface area contributed by atoms with Gasteiger partial charge in [0.25, 0.3) is 11.6 Å². The van der Waals surface area contributed by atoms with Crippen molar-refractivity contribution in [2.75, 3.05) is 5.32 Å². The van der Waals surface area contributed by atoms with Gasteiger partial charge >= 0.3 is 0 Å². The molecule has 0 radical (unpaired) electrons. The Morgan fingerprint density at radius 2 is 1.55 bits per heavy atom. The maximum absolute atomic E-state index is 13.6.